The summed E-state index contributed by atoms with van der Waals surface area (Å²) in [5.74, 6) is 0.746. The normalized spacial score (nSPS) is 17.6. The zero-order valence-corrected chi connectivity index (χ0v) is 11.9. The molecule has 1 heterocycles. The Morgan fingerprint density at radius 1 is 1.22 bits per heavy atom. The van der Waals surface area contributed by atoms with E-state index in [-0.39, 0.29) is 11.9 Å². The maximum absolute atomic E-state index is 13.5. The quantitative estimate of drug-likeness (QED) is 0.848. The molecule has 0 spiro atoms. The summed E-state index contributed by atoms with van der Waals surface area (Å²) >= 11 is 5.00. The highest BCUT2D eigenvalue weighted by Gasteiger charge is 2.22. The highest BCUT2D eigenvalue weighted by Crippen LogP contribution is 2.39. The van der Waals surface area contributed by atoms with Gasteiger partial charge in [0.25, 0.3) is 0 Å². The minimum absolute atomic E-state index is 0.237. The van der Waals surface area contributed by atoms with Gasteiger partial charge >= 0.3 is 0 Å². The van der Waals surface area contributed by atoms with Gasteiger partial charge in [-0.1, -0.05) is 18.2 Å². The highest BCUT2D eigenvalue weighted by molar-refractivity contribution is 9.10. The van der Waals surface area contributed by atoms with Gasteiger partial charge in [0.15, 0.2) is 0 Å². The van der Waals surface area contributed by atoms with Gasteiger partial charge in [-0.15, -0.1) is 11.8 Å². The van der Waals surface area contributed by atoms with E-state index in [4.69, 9.17) is 0 Å². The van der Waals surface area contributed by atoms with Crippen molar-refractivity contribution in [3.05, 3.63) is 58.3 Å². The lowest BCUT2D eigenvalue weighted by Crippen LogP contribution is -2.09. The molecule has 2 aromatic carbocycles. The molecule has 0 saturated carbocycles. The van der Waals surface area contributed by atoms with Crippen molar-refractivity contribution in [1.29, 1.82) is 0 Å². The fraction of sp³-hybridized carbons (Fsp3) is 0.143. The molecule has 0 aromatic heterocycles. The van der Waals surface area contributed by atoms with E-state index in [0.717, 1.165) is 11.4 Å². The number of anilines is 1. The van der Waals surface area contributed by atoms with Crippen LogP contribution < -0.4 is 5.32 Å². The van der Waals surface area contributed by atoms with Gasteiger partial charge in [0.1, 0.15) is 5.82 Å². The molecule has 0 bridgehead atoms. The second-order valence-electron chi connectivity index (χ2n) is 4.17. The van der Waals surface area contributed by atoms with Crippen molar-refractivity contribution >= 4 is 33.4 Å². The highest BCUT2D eigenvalue weighted by atomic mass is 79.9. The molecule has 0 radical (unpaired) electrons. The molecule has 1 nitrogen and oxygen atoms in total. The lowest BCUT2D eigenvalue weighted by atomic mass is 10.1. The SMILES string of the molecule is Fc1cc(NC2CSc3ccccc32)ccc1Br. The summed E-state index contributed by atoms with van der Waals surface area (Å²) in [7, 11) is 0. The van der Waals surface area contributed by atoms with E-state index in [1.807, 2.05) is 30.0 Å². The van der Waals surface area contributed by atoms with Crippen LogP contribution in [0.1, 0.15) is 11.6 Å². The molecule has 1 atom stereocenters. The van der Waals surface area contributed by atoms with Gasteiger partial charge in [-0.25, -0.2) is 4.39 Å². The Morgan fingerprint density at radius 2 is 2.06 bits per heavy atom. The smallest absolute Gasteiger partial charge is 0.139 e. The van der Waals surface area contributed by atoms with Crippen molar-refractivity contribution < 1.29 is 4.39 Å². The molecule has 0 saturated heterocycles. The minimum Gasteiger partial charge on any atom is -0.377 e. The first-order valence-electron chi connectivity index (χ1n) is 5.67. The summed E-state index contributed by atoms with van der Waals surface area (Å²) in [6.07, 6.45) is 0. The first kappa shape index (κ1) is 12.1. The first-order chi connectivity index (χ1) is 8.74. The number of nitrogens with one attached hydrogen (secondary N) is 1. The summed E-state index contributed by atoms with van der Waals surface area (Å²) in [6, 6.07) is 13.7. The van der Waals surface area contributed by atoms with Crippen LogP contribution in [0, 0.1) is 5.82 Å². The third-order valence-corrected chi connectivity index (χ3v) is 4.79. The molecule has 18 heavy (non-hydrogen) atoms. The molecule has 92 valence electrons. The van der Waals surface area contributed by atoms with Crippen LogP contribution in [0.3, 0.4) is 0 Å². The second kappa shape index (κ2) is 4.94. The van der Waals surface area contributed by atoms with Crippen molar-refractivity contribution in [3.63, 3.8) is 0 Å². The number of halogens is 2. The van der Waals surface area contributed by atoms with Crippen LogP contribution in [-0.2, 0) is 0 Å². The number of benzene rings is 2. The Balaban J connectivity index is 1.84. The zero-order chi connectivity index (χ0) is 12.5. The molecule has 1 N–H and O–H groups in total. The monoisotopic (exact) mass is 323 g/mol. The van der Waals surface area contributed by atoms with Gasteiger partial charge in [0.2, 0.25) is 0 Å². The van der Waals surface area contributed by atoms with Gasteiger partial charge in [-0.2, -0.15) is 0 Å². The molecule has 1 aliphatic heterocycles. The molecule has 1 unspecified atom stereocenters. The predicted octanol–water partition coefficient (Wildman–Crippen LogP) is 4.85. The fourth-order valence-corrected chi connectivity index (χ4v) is 3.48. The van der Waals surface area contributed by atoms with Crippen LogP contribution in [-0.4, -0.2) is 5.75 Å². The van der Waals surface area contributed by atoms with Gasteiger partial charge < -0.3 is 5.32 Å². The topological polar surface area (TPSA) is 12.0 Å². The van der Waals surface area contributed by atoms with Crippen LogP contribution in [0.4, 0.5) is 10.1 Å². The fourth-order valence-electron chi connectivity index (χ4n) is 2.07. The molecular weight excluding hydrogens is 313 g/mol. The number of hydrogen-bond acceptors (Lipinski definition) is 2. The van der Waals surface area contributed by atoms with E-state index >= 15 is 0 Å². The van der Waals surface area contributed by atoms with Crippen molar-refractivity contribution in [2.24, 2.45) is 0 Å². The van der Waals surface area contributed by atoms with Crippen LogP contribution >= 0.6 is 27.7 Å². The molecule has 3 rings (SSSR count). The molecule has 0 aliphatic carbocycles. The van der Waals surface area contributed by atoms with E-state index in [9.17, 15) is 4.39 Å². The third-order valence-electron chi connectivity index (χ3n) is 2.96. The Hall–Kier alpha value is -1.00. The van der Waals surface area contributed by atoms with E-state index in [0.29, 0.717) is 4.47 Å². The average Bonchev–Trinajstić information content (AvgIpc) is 2.78. The number of thioether (sulfide) groups is 1. The van der Waals surface area contributed by atoms with Crippen molar-refractivity contribution in [2.45, 2.75) is 10.9 Å². The second-order valence-corrected chi connectivity index (χ2v) is 6.09. The third kappa shape index (κ3) is 2.27. The van der Waals surface area contributed by atoms with Gasteiger partial charge in [0.05, 0.1) is 10.5 Å². The van der Waals surface area contributed by atoms with Crippen LogP contribution in [0.2, 0.25) is 0 Å². The van der Waals surface area contributed by atoms with Crippen LogP contribution in [0.15, 0.2) is 51.8 Å². The average molecular weight is 324 g/mol. The molecular formula is C14H11BrFNS. The lowest BCUT2D eigenvalue weighted by Gasteiger charge is -2.15. The number of rotatable bonds is 2. The first-order valence-corrected chi connectivity index (χ1v) is 7.45. The molecule has 0 amide bonds. The summed E-state index contributed by atoms with van der Waals surface area (Å²) < 4.78 is 14.0. The van der Waals surface area contributed by atoms with Gasteiger partial charge in [0, 0.05) is 16.3 Å². The Labute approximate surface area is 118 Å². The van der Waals surface area contributed by atoms with E-state index in [1.165, 1.54) is 16.5 Å². The molecule has 0 fully saturated rings. The van der Waals surface area contributed by atoms with Crippen molar-refractivity contribution in [2.75, 3.05) is 11.1 Å². The van der Waals surface area contributed by atoms with E-state index in [1.54, 1.807) is 6.07 Å². The maximum atomic E-state index is 13.5. The van der Waals surface area contributed by atoms with E-state index < -0.39 is 0 Å². The van der Waals surface area contributed by atoms with E-state index in [2.05, 4.69) is 33.4 Å². The Bertz CT molecular complexity index is 588. The largest absolute Gasteiger partial charge is 0.377 e. The Kier molecular flexibility index (Phi) is 3.31. The molecule has 1 aliphatic rings. The summed E-state index contributed by atoms with van der Waals surface area (Å²) in [6.45, 7) is 0. The van der Waals surface area contributed by atoms with Gasteiger partial charge in [-0.05, 0) is 45.8 Å². The minimum atomic E-state index is -0.237. The van der Waals surface area contributed by atoms with Gasteiger partial charge in [-0.3, -0.25) is 0 Å². The summed E-state index contributed by atoms with van der Waals surface area (Å²) in [4.78, 5) is 1.31. The zero-order valence-electron chi connectivity index (χ0n) is 9.49. The number of hydrogen-bond donors (Lipinski definition) is 1. The standard InChI is InChI=1S/C14H11BrFNS/c15-11-6-5-9(7-12(11)16)17-13-8-18-14-4-2-1-3-10(13)14/h1-7,13,17H,8H2. The van der Waals surface area contributed by atoms with Crippen molar-refractivity contribution in [1.82, 2.24) is 0 Å². The predicted molar refractivity (Wildman–Crippen MR) is 77.6 cm³/mol. The summed E-state index contributed by atoms with van der Waals surface area (Å²) in [5, 5.41) is 3.38. The lowest BCUT2D eigenvalue weighted by molar-refractivity contribution is 0.621. The van der Waals surface area contributed by atoms with Crippen LogP contribution in [0.5, 0.6) is 0 Å². The molecule has 4 heteroatoms. The molecule has 2 aromatic rings. The number of fused-ring (bicyclic) bond motifs is 1. The van der Waals surface area contributed by atoms with Crippen molar-refractivity contribution in [3.8, 4) is 0 Å². The summed E-state index contributed by atoms with van der Waals surface area (Å²) in [5.41, 5.74) is 2.11. The maximum Gasteiger partial charge on any atom is 0.139 e. The van der Waals surface area contributed by atoms with Crippen LogP contribution in [0.25, 0.3) is 0 Å². The Morgan fingerprint density at radius 3 is 2.89 bits per heavy atom.